The first-order valence-corrected chi connectivity index (χ1v) is 10.5. The molecule has 0 aliphatic carbocycles. The average molecular weight is 416 g/mol. The van der Waals surface area contributed by atoms with Crippen molar-refractivity contribution in [3.63, 3.8) is 0 Å². The minimum absolute atomic E-state index is 0.0759. The second kappa shape index (κ2) is 7.12. The third kappa shape index (κ3) is 3.23. The lowest BCUT2D eigenvalue weighted by Crippen LogP contribution is -2.40. The van der Waals surface area contributed by atoms with E-state index in [0.29, 0.717) is 28.7 Å². The van der Waals surface area contributed by atoms with Gasteiger partial charge in [0.2, 0.25) is 10.0 Å². The van der Waals surface area contributed by atoms with Gasteiger partial charge in [0.05, 0.1) is 7.11 Å². The summed E-state index contributed by atoms with van der Waals surface area (Å²) in [7, 11) is -2.73. The predicted octanol–water partition coefficient (Wildman–Crippen LogP) is 1.98. The molecule has 152 valence electrons. The van der Waals surface area contributed by atoms with Crippen LogP contribution in [0, 0.1) is 6.92 Å². The zero-order valence-corrected chi connectivity index (χ0v) is 16.8. The number of ether oxygens (including phenoxy) is 1. The minimum Gasteiger partial charge on any atom is -0.493 e. The fourth-order valence-electron chi connectivity index (χ4n) is 3.64. The summed E-state index contributed by atoms with van der Waals surface area (Å²) in [6.45, 7) is 1.90. The first-order chi connectivity index (χ1) is 13.8. The number of benzene rings is 2. The minimum atomic E-state index is -4.10. The first kappa shape index (κ1) is 19.3. The lowest BCUT2D eigenvalue weighted by molar-refractivity contribution is -0.140. The third-order valence-corrected chi connectivity index (χ3v) is 6.87. The van der Waals surface area contributed by atoms with Crippen LogP contribution >= 0.6 is 0 Å². The van der Waals surface area contributed by atoms with E-state index in [2.05, 4.69) is 10.2 Å². The van der Waals surface area contributed by atoms with Crippen molar-refractivity contribution in [1.82, 2.24) is 19.3 Å². The van der Waals surface area contributed by atoms with E-state index in [4.69, 9.17) is 4.74 Å². The normalized spacial score (nSPS) is 17.7. The maximum Gasteiger partial charge on any atom is 0.322 e. The van der Waals surface area contributed by atoms with Gasteiger partial charge in [-0.05, 0) is 49.6 Å². The molecular weight excluding hydrogens is 396 g/mol. The van der Waals surface area contributed by atoms with Crippen LogP contribution in [0.2, 0.25) is 0 Å². The molecule has 9 nitrogen and oxygen atoms in total. The van der Waals surface area contributed by atoms with Crippen molar-refractivity contribution in [3.05, 3.63) is 42.0 Å². The summed E-state index contributed by atoms with van der Waals surface area (Å²) < 4.78 is 33.2. The highest BCUT2D eigenvalue weighted by Gasteiger charge is 2.41. The molecule has 3 aromatic rings. The van der Waals surface area contributed by atoms with Crippen LogP contribution in [-0.4, -0.2) is 58.5 Å². The van der Waals surface area contributed by atoms with Crippen molar-refractivity contribution in [2.24, 2.45) is 0 Å². The number of aromatic nitrogens is 3. The van der Waals surface area contributed by atoms with Crippen molar-refractivity contribution < 1.29 is 23.1 Å². The Labute approximate surface area is 167 Å². The monoisotopic (exact) mass is 416 g/mol. The van der Waals surface area contributed by atoms with Crippen LogP contribution in [0.15, 0.2) is 41.3 Å². The van der Waals surface area contributed by atoms with Gasteiger partial charge in [-0.3, -0.25) is 4.79 Å². The molecule has 2 aromatic carbocycles. The Morgan fingerprint density at radius 3 is 2.45 bits per heavy atom. The Balaban J connectivity index is 1.90. The van der Waals surface area contributed by atoms with Crippen LogP contribution in [0.3, 0.4) is 0 Å². The molecule has 0 bridgehead atoms. The van der Waals surface area contributed by atoms with Crippen LogP contribution in [0.1, 0.15) is 18.4 Å². The van der Waals surface area contributed by atoms with E-state index >= 15 is 0 Å². The number of aliphatic carboxylic acids is 1. The molecule has 0 radical (unpaired) electrons. The second-order valence-corrected chi connectivity index (χ2v) is 8.76. The molecule has 10 heteroatoms. The number of fused-ring (bicyclic) bond motifs is 1. The Kier molecular flexibility index (Phi) is 4.75. The highest BCUT2D eigenvalue weighted by Crippen LogP contribution is 2.36. The fraction of sp³-hybridized carbons (Fsp3) is 0.316. The van der Waals surface area contributed by atoms with Crippen LogP contribution in [0.5, 0.6) is 5.75 Å². The Bertz CT molecular complexity index is 1170. The summed E-state index contributed by atoms with van der Waals surface area (Å²) in [6.07, 6.45) is 0.769. The summed E-state index contributed by atoms with van der Waals surface area (Å²) in [5.41, 5.74) is 2.34. The summed E-state index contributed by atoms with van der Waals surface area (Å²) in [5.74, 6) is -1.08. The van der Waals surface area contributed by atoms with E-state index in [1.54, 1.807) is 25.1 Å². The van der Waals surface area contributed by atoms with Crippen molar-refractivity contribution >= 4 is 27.0 Å². The molecule has 0 amide bonds. The second-order valence-electron chi connectivity index (χ2n) is 6.91. The van der Waals surface area contributed by atoms with Crippen molar-refractivity contribution in [2.45, 2.75) is 30.7 Å². The maximum atomic E-state index is 13.4. The number of carbonyl (C=O) groups is 1. The highest BCUT2D eigenvalue weighted by molar-refractivity contribution is 7.89. The average Bonchev–Trinajstić information content (AvgIpc) is 3.34. The molecule has 1 aliphatic rings. The molecule has 29 heavy (non-hydrogen) atoms. The zero-order valence-electron chi connectivity index (χ0n) is 15.9. The number of sulfonamides is 1. The van der Waals surface area contributed by atoms with Gasteiger partial charge in [0, 0.05) is 6.54 Å². The number of rotatable bonds is 5. The van der Waals surface area contributed by atoms with Gasteiger partial charge in [-0.15, -0.1) is 15.0 Å². The fourth-order valence-corrected chi connectivity index (χ4v) is 5.54. The number of hydrogen-bond acceptors (Lipinski definition) is 6. The SMILES string of the molecule is COc1c(-n2nc3ccccc3n2)cc(C)cc1S(=O)(=O)N1CCCC1C(=O)O. The highest BCUT2D eigenvalue weighted by atomic mass is 32.2. The molecule has 1 saturated heterocycles. The van der Waals surface area contributed by atoms with E-state index < -0.39 is 22.0 Å². The first-order valence-electron chi connectivity index (χ1n) is 9.08. The molecule has 1 aromatic heterocycles. The summed E-state index contributed by atoms with van der Waals surface area (Å²) in [4.78, 5) is 12.8. The van der Waals surface area contributed by atoms with Gasteiger partial charge in [-0.25, -0.2) is 8.42 Å². The Hall–Kier alpha value is -2.98. The summed E-state index contributed by atoms with van der Waals surface area (Å²) in [5, 5.41) is 18.3. The van der Waals surface area contributed by atoms with Gasteiger partial charge in [0.1, 0.15) is 27.7 Å². The van der Waals surface area contributed by atoms with Crippen LogP contribution in [0.25, 0.3) is 16.7 Å². The number of carboxylic acids is 1. The number of carboxylic acid groups (broad SMARTS) is 1. The van der Waals surface area contributed by atoms with Gasteiger partial charge in [-0.1, -0.05) is 12.1 Å². The molecule has 1 fully saturated rings. The Morgan fingerprint density at radius 2 is 1.86 bits per heavy atom. The molecule has 1 aliphatic heterocycles. The van der Waals surface area contributed by atoms with Gasteiger partial charge in [-0.2, -0.15) is 4.31 Å². The van der Waals surface area contributed by atoms with Gasteiger partial charge < -0.3 is 9.84 Å². The quantitative estimate of drug-likeness (QED) is 0.676. The largest absolute Gasteiger partial charge is 0.493 e. The topological polar surface area (TPSA) is 115 Å². The molecule has 1 atom stereocenters. The van der Waals surface area contributed by atoms with E-state index in [1.165, 1.54) is 18.0 Å². The standard InChI is InChI=1S/C19H20N4O5S/c1-12-10-16(23-20-13-6-3-4-7-14(13)21-23)18(28-2)17(11-12)29(26,27)22-9-5-8-15(22)19(24)25/h3-4,6-7,10-11,15H,5,8-9H2,1-2H3,(H,24,25). The molecule has 1 unspecified atom stereocenters. The smallest absolute Gasteiger partial charge is 0.322 e. The van der Waals surface area contributed by atoms with E-state index in [0.717, 1.165) is 4.31 Å². The van der Waals surface area contributed by atoms with Crippen molar-refractivity contribution in [3.8, 4) is 11.4 Å². The zero-order chi connectivity index (χ0) is 20.8. The third-order valence-electron chi connectivity index (χ3n) is 4.96. The lowest BCUT2D eigenvalue weighted by atomic mass is 10.2. The summed E-state index contributed by atoms with van der Waals surface area (Å²) in [6, 6.07) is 9.42. The van der Waals surface area contributed by atoms with Crippen molar-refractivity contribution in [1.29, 1.82) is 0 Å². The van der Waals surface area contributed by atoms with Crippen molar-refractivity contribution in [2.75, 3.05) is 13.7 Å². The van der Waals surface area contributed by atoms with E-state index in [9.17, 15) is 18.3 Å². The van der Waals surface area contributed by atoms with Crippen LogP contribution < -0.4 is 4.74 Å². The van der Waals surface area contributed by atoms with Gasteiger partial charge >= 0.3 is 5.97 Å². The molecule has 4 rings (SSSR count). The number of methoxy groups -OCH3 is 1. The molecule has 0 saturated carbocycles. The molecule has 0 spiro atoms. The Morgan fingerprint density at radius 1 is 1.21 bits per heavy atom. The molecular formula is C19H20N4O5S. The lowest BCUT2D eigenvalue weighted by Gasteiger charge is -2.23. The number of hydrogen-bond donors (Lipinski definition) is 1. The van der Waals surface area contributed by atoms with Crippen LogP contribution in [0.4, 0.5) is 0 Å². The predicted molar refractivity (Wildman–Crippen MR) is 105 cm³/mol. The maximum absolute atomic E-state index is 13.4. The summed E-state index contributed by atoms with van der Waals surface area (Å²) >= 11 is 0. The molecule has 2 heterocycles. The van der Waals surface area contributed by atoms with Gasteiger partial charge in [0.15, 0.2) is 5.75 Å². The van der Waals surface area contributed by atoms with E-state index in [1.807, 2.05) is 12.1 Å². The van der Waals surface area contributed by atoms with Crippen LogP contribution in [-0.2, 0) is 14.8 Å². The molecule has 1 N–H and O–H groups in total. The number of aryl methyl sites for hydroxylation is 1. The van der Waals surface area contributed by atoms with Gasteiger partial charge in [0.25, 0.3) is 0 Å². The number of nitrogens with zero attached hydrogens (tertiary/aromatic N) is 4. The van der Waals surface area contributed by atoms with E-state index in [-0.39, 0.29) is 23.6 Å².